The van der Waals surface area contributed by atoms with E-state index in [1.54, 1.807) is 19.1 Å². The Morgan fingerprint density at radius 1 is 1.42 bits per heavy atom. The number of thiazole rings is 1. The fourth-order valence-corrected chi connectivity index (χ4v) is 3.30. The number of aromatic amines is 1. The summed E-state index contributed by atoms with van der Waals surface area (Å²) in [5, 5.41) is 7.23. The second kappa shape index (κ2) is 6.79. The lowest BCUT2D eigenvalue weighted by molar-refractivity contribution is 0.0789. The van der Waals surface area contributed by atoms with E-state index in [1.807, 2.05) is 31.2 Å². The Morgan fingerprint density at radius 3 is 2.96 bits per heavy atom. The molecule has 0 saturated heterocycles. The van der Waals surface area contributed by atoms with Crippen LogP contribution >= 0.6 is 11.3 Å². The van der Waals surface area contributed by atoms with Crippen LogP contribution in [0.15, 0.2) is 30.6 Å². The second-order valence-corrected chi connectivity index (χ2v) is 6.28. The number of nitrogens with one attached hydrogen (secondary N) is 1. The molecule has 2 aromatic heterocycles. The first-order chi connectivity index (χ1) is 11.6. The van der Waals surface area contributed by atoms with Gasteiger partial charge in [0.1, 0.15) is 17.0 Å². The molecule has 24 heavy (non-hydrogen) atoms. The van der Waals surface area contributed by atoms with Crippen LogP contribution in [0, 0.1) is 6.92 Å². The molecule has 1 aromatic carbocycles. The van der Waals surface area contributed by atoms with Gasteiger partial charge in [-0.25, -0.2) is 9.97 Å². The first kappa shape index (κ1) is 16.1. The standard InChI is InChI=1S/C16H17N5O2S/c1-10-13(24-15(19-10)14-17-9-18-20-14)16(22)21(2)8-11-5-4-6-12(7-11)23-3/h4-7,9H,8H2,1-3H3,(H,17,18,20). The molecular weight excluding hydrogens is 326 g/mol. The number of carbonyl (C=O) groups is 1. The summed E-state index contributed by atoms with van der Waals surface area (Å²) in [6.45, 7) is 2.31. The molecule has 0 fully saturated rings. The molecule has 1 amide bonds. The molecule has 7 nitrogen and oxygen atoms in total. The second-order valence-electron chi connectivity index (χ2n) is 5.28. The van der Waals surface area contributed by atoms with E-state index in [9.17, 15) is 4.79 Å². The normalized spacial score (nSPS) is 10.6. The number of rotatable bonds is 5. The van der Waals surface area contributed by atoms with Crippen LogP contribution in [0.2, 0.25) is 0 Å². The SMILES string of the molecule is COc1cccc(CN(C)C(=O)c2sc(-c3ncn[nH]3)nc2C)c1. The van der Waals surface area contributed by atoms with Crippen molar-refractivity contribution in [3.63, 3.8) is 0 Å². The van der Waals surface area contributed by atoms with E-state index < -0.39 is 0 Å². The van der Waals surface area contributed by atoms with Gasteiger partial charge in [0.25, 0.3) is 5.91 Å². The molecule has 0 aliphatic heterocycles. The van der Waals surface area contributed by atoms with E-state index in [4.69, 9.17) is 4.74 Å². The zero-order chi connectivity index (χ0) is 17.1. The minimum atomic E-state index is -0.0708. The van der Waals surface area contributed by atoms with Crippen molar-refractivity contribution in [2.45, 2.75) is 13.5 Å². The highest BCUT2D eigenvalue weighted by molar-refractivity contribution is 7.17. The summed E-state index contributed by atoms with van der Waals surface area (Å²) in [4.78, 5) is 23.5. The quantitative estimate of drug-likeness (QED) is 0.769. The molecule has 3 rings (SSSR count). The zero-order valence-electron chi connectivity index (χ0n) is 13.6. The fourth-order valence-electron chi connectivity index (χ4n) is 2.29. The maximum atomic E-state index is 12.7. The molecule has 0 spiro atoms. The number of aromatic nitrogens is 4. The van der Waals surface area contributed by atoms with Crippen LogP contribution in [0.4, 0.5) is 0 Å². The number of amides is 1. The van der Waals surface area contributed by atoms with E-state index in [0.29, 0.717) is 27.9 Å². The lowest BCUT2D eigenvalue weighted by atomic mass is 10.2. The molecular formula is C16H17N5O2S. The summed E-state index contributed by atoms with van der Waals surface area (Å²) in [6, 6.07) is 7.67. The largest absolute Gasteiger partial charge is 0.497 e. The van der Waals surface area contributed by atoms with Gasteiger partial charge in [0.15, 0.2) is 10.8 Å². The Kier molecular flexibility index (Phi) is 4.57. The Morgan fingerprint density at radius 2 is 2.25 bits per heavy atom. The molecule has 3 aromatic rings. The highest BCUT2D eigenvalue weighted by Gasteiger charge is 2.20. The van der Waals surface area contributed by atoms with Gasteiger partial charge in [-0.05, 0) is 24.6 Å². The number of H-pyrrole nitrogens is 1. The van der Waals surface area contributed by atoms with E-state index in [1.165, 1.54) is 17.7 Å². The third-order valence-electron chi connectivity index (χ3n) is 3.51. The number of nitrogens with zero attached hydrogens (tertiary/aromatic N) is 4. The molecule has 0 atom stereocenters. The van der Waals surface area contributed by atoms with E-state index in [2.05, 4.69) is 20.2 Å². The minimum absolute atomic E-state index is 0.0708. The van der Waals surface area contributed by atoms with Crippen molar-refractivity contribution in [1.29, 1.82) is 0 Å². The van der Waals surface area contributed by atoms with Gasteiger partial charge in [0.2, 0.25) is 0 Å². The predicted octanol–water partition coefficient (Wildman–Crippen LogP) is 2.52. The number of methoxy groups -OCH3 is 1. The van der Waals surface area contributed by atoms with Gasteiger partial charge >= 0.3 is 0 Å². The molecule has 2 heterocycles. The van der Waals surface area contributed by atoms with Gasteiger partial charge in [0, 0.05) is 13.6 Å². The number of benzene rings is 1. The maximum absolute atomic E-state index is 12.7. The average Bonchev–Trinajstić information content (AvgIpc) is 3.23. The number of hydrogen-bond donors (Lipinski definition) is 1. The van der Waals surface area contributed by atoms with E-state index >= 15 is 0 Å². The van der Waals surface area contributed by atoms with Crippen LogP contribution in [0.25, 0.3) is 10.8 Å². The molecule has 0 unspecified atom stereocenters. The summed E-state index contributed by atoms with van der Waals surface area (Å²) >= 11 is 1.31. The Balaban J connectivity index is 1.78. The number of carbonyl (C=O) groups excluding carboxylic acids is 1. The number of hydrogen-bond acceptors (Lipinski definition) is 6. The van der Waals surface area contributed by atoms with Crippen molar-refractivity contribution >= 4 is 17.2 Å². The molecule has 8 heteroatoms. The van der Waals surface area contributed by atoms with Crippen LogP contribution in [0.1, 0.15) is 20.9 Å². The predicted molar refractivity (Wildman–Crippen MR) is 91.0 cm³/mol. The van der Waals surface area contributed by atoms with E-state index in [-0.39, 0.29) is 5.91 Å². The summed E-state index contributed by atoms with van der Waals surface area (Å²) in [6.07, 6.45) is 1.42. The Bertz CT molecular complexity index is 844. The Hall–Kier alpha value is -2.74. The molecule has 0 radical (unpaired) electrons. The summed E-state index contributed by atoms with van der Waals surface area (Å²) < 4.78 is 5.22. The molecule has 0 bridgehead atoms. The van der Waals surface area contributed by atoms with Crippen LogP contribution in [-0.4, -0.2) is 45.1 Å². The van der Waals surface area contributed by atoms with Gasteiger partial charge in [-0.1, -0.05) is 12.1 Å². The van der Waals surface area contributed by atoms with Crippen LogP contribution < -0.4 is 4.74 Å². The van der Waals surface area contributed by atoms with Crippen molar-refractivity contribution in [3.8, 4) is 16.6 Å². The first-order valence-electron chi connectivity index (χ1n) is 7.30. The third-order valence-corrected chi connectivity index (χ3v) is 4.66. The van der Waals surface area contributed by atoms with Crippen molar-refractivity contribution < 1.29 is 9.53 Å². The lowest BCUT2D eigenvalue weighted by Crippen LogP contribution is -2.26. The smallest absolute Gasteiger partial charge is 0.265 e. The van der Waals surface area contributed by atoms with Gasteiger partial charge in [-0.15, -0.1) is 11.3 Å². The summed E-state index contributed by atoms with van der Waals surface area (Å²) in [5.74, 6) is 1.27. The van der Waals surface area contributed by atoms with E-state index in [0.717, 1.165) is 11.3 Å². The molecule has 0 saturated carbocycles. The lowest BCUT2D eigenvalue weighted by Gasteiger charge is -2.17. The Labute approximate surface area is 143 Å². The maximum Gasteiger partial charge on any atom is 0.265 e. The van der Waals surface area contributed by atoms with Crippen LogP contribution in [0.5, 0.6) is 5.75 Å². The number of ether oxygens (including phenoxy) is 1. The summed E-state index contributed by atoms with van der Waals surface area (Å²) in [5.41, 5.74) is 1.69. The van der Waals surface area contributed by atoms with Gasteiger partial charge in [-0.2, -0.15) is 5.10 Å². The highest BCUT2D eigenvalue weighted by Crippen LogP contribution is 2.26. The zero-order valence-corrected chi connectivity index (χ0v) is 14.4. The van der Waals surface area contributed by atoms with Gasteiger partial charge < -0.3 is 9.64 Å². The third kappa shape index (κ3) is 3.28. The van der Waals surface area contributed by atoms with Crippen molar-refractivity contribution in [2.75, 3.05) is 14.2 Å². The highest BCUT2D eigenvalue weighted by atomic mass is 32.1. The average molecular weight is 343 g/mol. The first-order valence-corrected chi connectivity index (χ1v) is 8.11. The summed E-state index contributed by atoms with van der Waals surface area (Å²) in [7, 11) is 3.40. The van der Waals surface area contributed by atoms with Crippen molar-refractivity contribution in [2.24, 2.45) is 0 Å². The monoisotopic (exact) mass is 343 g/mol. The van der Waals surface area contributed by atoms with Gasteiger partial charge in [0.05, 0.1) is 12.8 Å². The van der Waals surface area contributed by atoms with Crippen molar-refractivity contribution in [3.05, 3.63) is 46.7 Å². The fraction of sp³-hybridized carbons (Fsp3) is 0.250. The van der Waals surface area contributed by atoms with Crippen LogP contribution in [0.3, 0.4) is 0 Å². The van der Waals surface area contributed by atoms with Gasteiger partial charge in [-0.3, -0.25) is 9.89 Å². The molecule has 124 valence electrons. The topological polar surface area (TPSA) is 84.0 Å². The molecule has 1 N–H and O–H groups in total. The van der Waals surface area contributed by atoms with Crippen molar-refractivity contribution in [1.82, 2.24) is 25.1 Å². The minimum Gasteiger partial charge on any atom is -0.497 e. The molecule has 0 aliphatic rings. The molecule has 0 aliphatic carbocycles. The number of aryl methyl sites for hydroxylation is 1. The van der Waals surface area contributed by atoms with Crippen LogP contribution in [-0.2, 0) is 6.54 Å².